The van der Waals surface area contributed by atoms with Crippen LogP contribution in [-0.4, -0.2) is 30.8 Å². The van der Waals surface area contributed by atoms with Crippen LogP contribution < -0.4 is 5.73 Å². The maximum Gasteiger partial charge on any atom is 0.243 e. The molecule has 2 rings (SSSR count). The standard InChI is InChI=1S/C13H17FN2O2S2/c1-13(12(15)19)6-8-16(9-7-13)20(17,18)11-4-2-10(14)3-5-11/h2-5H,6-9H2,1H3,(H2,15,19). The highest BCUT2D eigenvalue weighted by Crippen LogP contribution is 2.33. The van der Waals surface area contributed by atoms with Gasteiger partial charge in [-0.05, 0) is 37.1 Å². The maximum absolute atomic E-state index is 12.9. The minimum Gasteiger partial charge on any atom is -0.393 e. The molecule has 4 nitrogen and oxygen atoms in total. The van der Waals surface area contributed by atoms with E-state index >= 15 is 0 Å². The van der Waals surface area contributed by atoms with E-state index < -0.39 is 15.8 Å². The molecule has 110 valence electrons. The lowest BCUT2D eigenvalue weighted by molar-refractivity contribution is 0.244. The number of piperidine rings is 1. The molecule has 1 saturated heterocycles. The molecule has 0 saturated carbocycles. The number of hydrogen-bond donors (Lipinski definition) is 1. The molecule has 0 radical (unpaired) electrons. The van der Waals surface area contributed by atoms with Crippen LogP contribution in [0.5, 0.6) is 0 Å². The number of nitrogens with two attached hydrogens (primary N) is 1. The molecule has 0 atom stereocenters. The summed E-state index contributed by atoms with van der Waals surface area (Å²) in [4.78, 5) is 0.536. The molecular formula is C13H17FN2O2S2. The molecule has 1 aliphatic heterocycles. The quantitative estimate of drug-likeness (QED) is 0.865. The van der Waals surface area contributed by atoms with Gasteiger partial charge in [0.25, 0.3) is 0 Å². The Balaban J connectivity index is 2.17. The van der Waals surface area contributed by atoms with Crippen molar-refractivity contribution in [3.63, 3.8) is 0 Å². The van der Waals surface area contributed by atoms with Crippen LogP contribution in [-0.2, 0) is 10.0 Å². The number of thiocarbonyl (C=S) groups is 1. The summed E-state index contributed by atoms with van der Waals surface area (Å²) in [7, 11) is -3.57. The van der Waals surface area contributed by atoms with Crippen LogP contribution >= 0.6 is 12.2 Å². The predicted octanol–water partition coefficient (Wildman–Crippen LogP) is 1.90. The Morgan fingerprint density at radius 3 is 2.25 bits per heavy atom. The Labute approximate surface area is 123 Å². The second kappa shape index (κ2) is 5.38. The van der Waals surface area contributed by atoms with Crippen LogP contribution in [0.15, 0.2) is 29.2 Å². The van der Waals surface area contributed by atoms with E-state index in [1.165, 1.54) is 16.4 Å². The van der Waals surface area contributed by atoms with Gasteiger partial charge in [-0.1, -0.05) is 19.1 Å². The average molecular weight is 316 g/mol. The molecule has 0 spiro atoms. The lowest BCUT2D eigenvalue weighted by atomic mass is 9.81. The van der Waals surface area contributed by atoms with Gasteiger partial charge in [0, 0.05) is 18.5 Å². The highest BCUT2D eigenvalue weighted by atomic mass is 32.2. The highest BCUT2D eigenvalue weighted by Gasteiger charge is 2.37. The van der Waals surface area contributed by atoms with Crippen molar-refractivity contribution in [2.45, 2.75) is 24.7 Å². The normalized spacial score (nSPS) is 19.7. The SMILES string of the molecule is CC1(C(N)=S)CCN(S(=O)(=O)c2ccc(F)cc2)CC1. The number of hydrogen-bond acceptors (Lipinski definition) is 3. The molecule has 1 heterocycles. The van der Waals surface area contributed by atoms with Crippen molar-refractivity contribution in [2.75, 3.05) is 13.1 Å². The van der Waals surface area contributed by atoms with Gasteiger partial charge in [0.15, 0.2) is 0 Å². The highest BCUT2D eigenvalue weighted by molar-refractivity contribution is 7.89. The summed E-state index contributed by atoms with van der Waals surface area (Å²) in [5, 5.41) is 0. The second-order valence-electron chi connectivity index (χ2n) is 5.28. The third-order valence-corrected chi connectivity index (χ3v) is 6.28. The Hall–Kier alpha value is -1.05. The van der Waals surface area contributed by atoms with Gasteiger partial charge in [0.1, 0.15) is 5.82 Å². The molecule has 1 aromatic carbocycles. The first-order chi connectivity index (χ1) is 9.25. The summed E-state index contributed by atoms with van der Waals surface area (Å²) in [6.45, 7) is 2.69. The molecule has 20 heavy (non-hydrogen) atoms. The van der Waals surface area contributed by atoms with Crippen LogP contribution in [0.2, 0.25) is 0 Å². The summed E-state index contributed by atoms with van der Waals surface area (Å²) in [6, 6.07) is 4.87. The number of halogens is 1. The fourth-order valence-corrected chi connectivity index (χ4v) is 3.87. The van der Waals surface area contributed by atoms with Crippen LogP contribution in [0.4, 0.5) is 4.39 Å². The number of benzene rings is 1. The Morgan fingerprint density at radius 1 is 1.30 bits per heavy atom. The van der Waals surface area contributed by atoms with Crippen LogP contribution in [0.3, 0.4) is 0 Å². The number of nitrogens with zero attached hydrogens (tertiary/aromatic N) is 1. The summed E-state index contributed by atoms with van der Waals surface area (Å²) >= 11 is 5.04. The van der Waals surface area contributed by atoms with E-state index in [-0.39, 0.29) is 10.3 Å². The lowest BCUT2D eigenvalue weighted by Crippen LogP contribution is -2.46. The van der Waals surface area contributed by atoms with Gasteiger partial charge in [-0.3, -0.25) is 0 Å². The molecular weight excluding hydrogens is 299 g/mol. The second-order valence-corrected chi connectivity index (χ2v) is 7.66. The topological polar surface area (TPSA) is 63.4 Å². The van der Waals surface area contributed by atoms with Crippen molar-refractivity contribution >= 4 is 27.2 Å². The van der Waals surface area contributed by atoms with Crippen LogP contribution in [0.1, 0.15) is 19.8 Å². The molecule has 0 amide bonds. The summed E-state index contributed by atoms with van der Waals surface area (Å²) in [6.07, 6.45) is 1.20. The van der Waals surface area contributed by atoms with E-state index in [1.54, 1.807) is 0 Å². The molecule has 1 fully saturated rings. The Morgan fingerprint density at radius 2 is 1.80 bits per heavy atom. The fraction of sp³-hybridized carbons (Fsp3) is 0.462. The smallest absolute Gasteiger partial charge is 0.243 e. The molecule has 7 heteroatoms. The molecule has 0 aliphatic carbocycles. The lowest BCUT2D eigenvalue weighted by Gasteiger charge is -2.37. The van der Waals surface area contributed by atoms with E-state index in [0.29, 0.717) is 30.9 Å². The van der Waals surface area contributed by atoms with E-state index in [9.17, 15) is 12.8 Å². The van der Waals surface area contributed by atoms with Crippen molar-refractivity contribution in [1.29, 1.82) is 0 Å². The van der Waals surface area contributed by atoms with Crippen LogP contribution in [0, 0.1) is 11.2 Å². The molecule has 0 aromatic heterocycles. The van der Waals surface area contributed by atoms with Gasteiger partial charge in [-0.2, -0.15) is 4.31 Å². The van der Waals surface area contributed by atoms with E-state index in [0.717, 1.165) is 12.1 Å². The van der Waals surface area contributed by atoms with Gasteiger partial charge >= 0.3 is 0 Å². The first kappa shape index (κ1) is 15.3. The van der Waals surface area contributed by atoms with Gasteiger partial charge in [-0.15, -0.1) is 0 Å². The summed E-state index contributed by atoms with van der Waals surface area (Å²) in [5.74, 6) is -0.455. The summed E-state index contributed by atoms with van der Waals surface area (Å²) < 4.78 is 39.1. The largest absolute Gasteiger partial charge is 0.393 e. The Kier molecular flexibility index (Phi) is 4.13. The minimum atomic E-state index is -3.57. The molecule has 2 N–H and O–H groups in total. The number of sulfonamides is 1. The van der Waals surface area contributed by atoms with Crippen molar-refractivity contribution in [1.82, 2.24) is 4.31 Å². The van der Waals surface area contributed by atoms with Gasteiger partial charge in [0.05, 0.1) is 9.88 Å². The monoisotopic (exact) mass is 316 g/mol. The molecule has 0 unspecified atom stereocenters. The van der Waals surface area contributed by atoms with Gasteiger partial charge < -0.3 is 5.73 Å². The van der Waals surface area contributed by atoms with E-state index in [2.05, 4.69) is 0 Å². The van der Waals surface area contributed by atoms with E-state index in [4.69, 9.17) is 18.0 Å². The molecule has 1 aromatic rings. The number of rotatable bonds is 3. The first-order valence-corrected chi connectivity index (χ1v) is 8.16. The third kappa shape index (κ3) is 2.84. The van der Waals surface area contributed by atoms with Gasteiger partial charge in [-0.25, -0.2) is 12.8 Å². The fourth-order valence-electron chi connectivity index (χ4n) is 2.22. The van der Waals surface area contributed by atoms with Crippen LogP contribution in [0.25, 0.3) is 0 Å². The predicted molar refractivity (Wildman–Crippen MR) is 79.3 cm³/mol. The van der Waals surface area contributed by atoms with Crippen molar-refractivity contribution in [2.24, 2.45) is 11.1 Å². The molecule has 0 bridgehead atoms. The first-order valence-electron chi connectivity index (χ1n) is 6.31. The van der Waals surface area contributed by atoms with Crippen molar-refractivity contribution in [3.8, 4) is 0 Å². The zero-order valence-corrected chi connectivity index (χ0v) is 12.8. The van der Waals surface area contributed by atoms with Crippen molar-refractivity contribution < 1.29 is 12.8 Å². The minimum absolute atomic E-state index is 0.109. The van der Waals surface area contributed by atoms with Crippen molar-refractivity contribution in [3.05, 3.63) is 30.1 Å². The zero-order chi connectivity index (χ0) is 15.0. The summed E-state index contributed by atoms with van der Waals surface area (Å²) in [5.41, 5.74) is 5.42. The molecule has 1 aliphatic rings. The zero-order valence-electron chi connectivity index (χ0n) is 11.2. The Bertz CT molecular complexity index is 606. The van der Waals surface area contributed by atoms with E-state index in [1.807, 2.05) is 6.92 Å². The van der Waals surface area contributed by atoms with Gasteiger partial charge in [0.2, 0.25) is 10.0 Å². The average Bonchev–Trinajstić information content (AvgIpc) is 2.39. The maximum atomic E-state index is 12.9. The third-order valence-electron chi connectivity index (χ3n) is 3.87.